The summed E-state index contributed by atoms with van der Waals surface area (Å²) in [6.45, 7) is 4.23. The predicted molar refractivity (Wildman–Crippen MR) is 111 cm³/mol. The molecule has 0 spiro atoms. The Hall–Kier alpha value is -2.82. The van der Waals surface area contributed by atoms with Crippen LogP contribution >= 0.6 is 0 Å². The molecule has 1 aliphatic carbocycles. The highest BCUT2D eigenvalue weighted by molar-refractivity contribution is 6.00. The first kappa shape index (κ1) is 19.9. The third-order valence-corrected chi connectivity index (χ3v) is 5.25. The van der Waals surface area contributed by atoms with Gasteiger partial charge in [-0.1, -0.05) is 63.4 Å². The minimum Gasteiger partial charge on any atom is -0.410 e. The Labute approximate surface area is 166 Å². The maximum Gasteiger partial charge on any atom is 0.413 e. The van der Waals surface area contributed by atoms with Crippen molar-refractivity contribution < 1.29 is 14.3 Å². The van der Waals surface area contributed by atoms with Crippen LogP contribution in [0.1, 0.15) is 57.4 Å². The van der Waals surface area contributed by atoms with E-state index in [0.29, 0.717) is 24.5 Å². The van der Waals surface area contributed by atoms with Gasteiger partial charge in [0.15, 0.2) is 0 Å². The molecule has 2 aromatic rings. The van der Waals surface area contributed by atoms with Crippen LogP contribution in [0.15, 0.2) is 54.6 Å². The fraction of sp³-hybridized carbons (Fsp3) is 0.391. The number of carbonyl (C=O) groups excluding carboxylic acids is 2. The van der Waals surface area contributed by atoms with Gasteiger partial charge in [0, 0.05) is 5.69 Å². The second kappa shape index (κ2) is 8.91. The van der Waals surface area contributed by atoms with Crippen molar-refractivity contribution >= 4 is 17.7 Å². The molecule has 28 heavy (non-hydrogen) atoms. The van der Waals surface area contributed by atoms with E-state index in [1.165, 1.54) is 0 Å². The Morgan fingerprint density at radius 3 is 2.36 bits per heavy atom. The number of nitrogens with one attached hydrogen (secondary N) is 2. The third-order valence-electron chi connectivity index (χ3n) is 5.25. The lowest BCUT2D eigenvalue weighted by Gasteiger charge is -2.36. The van der Waals surface area contributed by atoms with Gasteiger partial charge in [-0.15, -0.1) is 0 Å². The Bertz CT molecular complexity index is 812. The van der Waals surface area contributed by atoms with Crippen LogP contribution < -0.4 is 15.4 Å². The zero-order valence-corrected chi connectivity index (χ0v) is 16.5. The van der Waals surface area contributed by atoms with Crippen molar-refractivity contribution in [2.45, 2.75) is 57.4 Å². The normalized spacial score (nSPS) is 15.7. The standard InChI is InChI=1S/C23H28N2O3/c1-17(2)18-10-9-11-19(16-18)24-21(26)23(14-7-4-8-15-23)25-22(27)28-20-12-5-3-6-13-20/h3,5-6,9-13,16-17H,4,7-8,14-15H2,1-2H3,(H,24,26)(H,25,27). The van der Waals surface area contributed by atoms with Crippen LogP contribution in [-0.4, -0.2) is 17.5 Å². The van der Waals surface area contributed by atoms with Crippen LogP contribution in [0.2, 0.25) is 0 Å². The number of benzene rings is 2. The summed E-state index contributed by atoms with van der Waals surface area (Å²) in [5.74, 6) is 0.647. The van der Waals surface area contributed by atoms with Crippen LogP contribution in [0, 0.1) is 0 Å². The van der Waals surface area contributed by atoms with E-state index < -0.39 is 11.6 Å². The Morgan fingerprint density at radius 1 is 0.964 bits per heavy atom. The van der Waals surface area contributed by atoms with Gasteiger partial charge in [0.25, 0.3) is 0 Å². The largest absolute Gasteiger partial charge is 0.413 e. The molecule has 0 atom stereocenters. The van der Waals surface area contributed by atoms with Crippen molar-refractivity contribution in [1.29, 1.82) is 0 Å². The number of anilines is 1. The van der Waals surface area contributed by atoms with Gasteiger partial charge in [-0.05, 0) is 48.6 Å². The van der Waals surface area contributed by atoms with Gasteiger partial charge in [0.05, 0.1) is 0 Å². The monoisotopic (exact) mass is 380 g/mol. The average Bonchev–Trinajstić information content (AvgIpc) is 2.69. The molecular formula is C23H28N2O3. The van der Waals surface area contributed by atoms with Gasteiger partial charge in [-0.3, -0.25) is 4.79 Å². The fourth-order valence-corrected chi connectivity index (χ4v) is 3.61. The molecule has 1 saturated carbocycles. The molecule has 2 amide bonds. The maximum atomic E-state index is 13.2. The zero-order valence-electron chi connectivity index (χ0n) is 16.5. The number of rotatable bonds is 5. The maximum absolute atomic E-state index is 13.2. The van der Waals surface area contributed by atoms with E-state index in [9.17, 15) is 9.59 Å². The lowest BCUT2D eigenvalue weighted by atomic mass is 9.81. The minimum atomic E-state index is -0.946. The summed E-state index contributed by atoms with van der Waals surface area (Å²) in [5, 5.41) is 5.87. The van der Waals surface area contributed by atoms with Crippen molar-refractivity contribution in [2.24, 2.45) is 0 Å². The molecule has 0 aromatic heterocycles. The van der Waals surface area contributed by atoms with Gasteiger partial charge in [-0.25, -0.2) is 4.79 Å². The molecule has 0 radical (unpaired) electrons. The van der Waals surface area contributed by atoms with Gasteiger partial charge < -0.3 is 15.4 Å². The van der Waals surface area contributed by atoms with E-state index in [2.05, 4.69) is 24.5 Å². The SMILES string of the molecule is CC(C)c1cccc(NC(=O)C2(NC(=O)Oc3ccccc3)CCCCC2)c1. The van der Waals surface area contributed by atoms with Crippen LogP contribution in [-0.2, 0) is 4.79 Å². The molecule has 148 valence electrons. The molecule has 0 saturated heterocycles. The molecule has 0 heterocycles. The Kier molecular flexibility index (Phi) is 6.34. The van der Waals surface area contributed by atoms with E-state index in [-0.39, 0.29) is 5.91 Å². The summed E-state index contributed by atoms with van der Waals surface area (Å²) in [5.41, 5.74) is 0.962. The number of carbonyl (C=O) groups is 2. The molecule has 2 N–H and O–H groups in total. The van der Waals surface area contributed by atoms with Crippen molar-refractivity contribution in [2.75, 3.05) is 5.32 Å². The van der Waals surface area contributed by atoms with Crippen LogP contribution in [0.25, 0.3) is 0 Å². The van der Waals surface area contributed by atoms with Crippen molar-refractivity contribution in [3.8, 4) is 5.75 Å². The molecule has 3 rings (SSSR count). The summed E-state index contributed by atoms with van der Waals surface area (Å²) in [6.07, 6.45) is 3.46. The number of para-hydroxylation sites is 1. The van der Waals surface area contributed by atoms with E-state index in [4.69, 9.17) is 4.74 Å². The fourth-order valence-electron chi connectivity index (χ4n) is 3.61. The lowest BCUT2D eigenvalue weighted by molar-refractivity contribution is -0.123. The van der Waals surface area contributed by atoms with E-state index >= 15 is 0 Å². The summed E-state index contributed by atoms with van der Waals surface area (Å²) in [6, 6.07) is 16.7. The Balaban J connectivity index is 1.74. The predicted octanol–water partition coefficient (Wildman–Crippen LogP) is 5.24. The van der Waals surface area contributed by atoms with E-state index in [0.717, 1.165) is 30.5 Å². The summed E-state index contributed by atoms with van der Waals surface area (Å²) >= 11 is 0. The van der Waals surface area contributed by atoms with E-state index in [1.54, 1.807) is 24.3 Å². The van der Waals surface area contributed by atoms with Crippen LogP contribution in [0.4, 0.5) is 10.5 Å². The molecule has 1 aliphatic rings. The topological polar surface area (TPSA) is 67.4 Å². The van der Waals surface area contributed by atoms with E-state index in [1.807, 2.05) is 30.3 Å². The van der Waals surface area contributed by atoms with Crippen molar-refractivity contribution in [3.63, 3.8) is 0 Å². The number of hydrogen-bond acceptors (Lipinski definition) is 3. The highest BCUT2D eigenvalue weighted by atomic mass is 16.6. The van der Waals surface area contributed by atoms with Crippen LogP contribution in [0.5, 0.6) is 5.75 Å². The third kappa shape index (κ3) is 4.91. The smallest absolute Gasteiger partial charge is 0.410 e. The van der Waals surface area contributed by atoms with Gasteiger partial charge in [0.1, 0.15) is 11.3 Å². The van der Waals surface area contributed by atoms with Crippen molar-refractivity contribution in [1.82, 2.24) is 5.32 Å². The molecule has 1 fully saturated rings. The molecule has 0 bridgehead atoms. The summed E-state index contributed by atoms with van der Waals surface area (Å²) in [7, 11) is 0. The highest BCUT2D eigenvalue weighted by Gasteiger charge is 2.41. The number of amides is 2. The highest BCUT2D eigenvalue weighted by Crippen LogP contribution is 2.30. The molecule has 0 aliphatic heterocycles. The number of hydrogen-bond donors (Lipinski definition) is 2. The molecule has 0 unspecified atom stereocenters. The molecule has 2 aromatic carbocycles. The average molecular weight is 380 g/mol. The molecular weight excluding hydrogens is 352 g/mol. The zero-order chi connectivity index (χ0) is 20.0. The van der Waals surface area contributed by atoms with Gasteiger partial charge in [0.2, 0.25) is 5.91 Å². The van der Waals surface area contributed by atoms with Crippen LogP contribution in [0.3, 0.4) is 0 Å². The lowest BCUT2D eigenvalue weighted by Crippen LogP contribution is -2.58. The molecule has 5 heteroatoms. The van der Waals surface area contributed by atoms with Gasteiger partial charge in [-0.2, -0.15) is 0 Å². The van der Waals surface area contributed by atoms with Crippen molar-refractivity contribution in [3.05, 3.63) is 60.2 Å². The quantitative estimate of drug-likeness (QED) is 0.745. The first-order valence-electron chi connectivity index (χ1n) is 9.95. The number of ether oxygens (including phenoxy) is 1. The van der Waals surface area contributed by atoms with Gasteiger partial charge >= 0.3 is 6.09 Å². The second-order valence-corrected chi connectivity index (χ2v) is 7.70. The Morgan fingerprint density at radius 2 is 1.68 bits per heavy atom. The summed E-state index contributed by atoms with van der Waals surface area (Å²) in [4.78, 5) is 25.7. The minimum absolute atomic E-state index is 0.182. The second-order valence-electron chi connectivity index (χ2n) is 7.70. The molecule has 5 nitrogen and oxygen atoms in total. The first-order valence-corrected chi connectivity index (χ1v) is 9.95. The first-order chi connectivity index (χ1) is 13.5. The summed E-state index contributed by atoms with van der Waals surface area (Å²) < 4.78 is 5.36.